The number of ether oxygens (including phenoxy) is 1. The van der Waals surface area contributed by atoms with Crippen LogP contribution in [0.3, 0.4) is 0 Å². The summed E-state index contributed by atoms with van der Waals surface area (Å²) < 4.78 is 5.47. The Morgan fingerprint density at radius 2 is 1.55 bits per heavy atom. The van der Waals surface area contributed by atoms with Gasteiger partial charge < -0.3 is 10.1 Å². The standard InChI is InChI=1S/C29H21Cl2N3O4/c30-22-12-15-24(25(31)17-22)29(37)38-26-9-5-4-8-21(26)18-32-34-28(36)20-10-13-23(14-11-20)33-27(35)16-19-6-2-1-3-7-19/h1-15,17-18H,16H2,(H,33,35)(H,34,36)/b32-18-. The first-order valence-electron chi connectivity index (χ1n) is 11.4. The van der Waals surface area contributed by atoms with Crippen LogP contribution in [0.1, 0.15) is 31.8 Å². The Balaban J connectivity index is 1.34. The van der Waals surface area contributed by atoms with Gasteiger partial charge in [-0.05, 0) is 60.2 Å². The summed E-state index contributed by atoms with van der Waals surface area (Å²) in [7, 11) is 0. The molecule has 0 radical (unpaired) electrons. The molecule has 4 aromatic rings. The zero-order chi connectivity index (χ0) is 26.9. The van der Waals surface area contributed by atoms with Gasteiger partial charge in [0.2, 0.25) is 5.91 Å². The van der Waals surface area contributed by atoms with Crippen LogP contribution >= 0.6 is 23.2 Å². The lowest BCUT2D eigenvalue weighted by Crippen LogP contribution is -2.18. The smallest absolute Gasteiger partial charge is 0.345 e. The molecule has 0 spiro atoms. The molecular weight excluding hydrogens is 525 g/mol. The Bertz CT molecular complexity index is 1490. The SMILES string of the molecule is O=C(Cc1ccccc1)Nc1ccc(C(=O)N/N=C\c2ccccc2OC(=O)c2ccc(Cl)cc2Cl)cc1. The number of hydrogen-bond acceptors (Lipinski definition) is 5. The number of hydrazone groups is 1. The number of rotatable bonds is 8. The van der Waals surface area contributed by atoms with E-state index in [2.05, 4.69) is 15.8 Å². The molecule has 0 heterocycles. The van der Waals surface area contributed by atoms with E-state index in [1.54, 1.807) is 48.5 Å². The number of nitrogens with one attached hydrogen (secondary N) is 2. The Labute approximate surface area is 229 Å². The number of anilines is 1. The molecule has 38 heavy (non-hydrogen) atoms. The van der Waals surface area contributed by atoms with E-state index >= 15 is 0 Å². The molecule has 0 fully saturated rings. The monoisotopic (exact) mass is 545 g/mol. The van der Waals surface area contributed by atoms with Crippen LogP contribution in [0.5, 0.6) is 5.75 Å². The molecule has 2 N–H and O–H groups in total. The third kappa shape index (κ3) is 7.29. The van der Waals surface area contributed by atoms with Crippen LogP contribution < -0.4 is 15.5 Å². The van der Waals surface area contributed by atoms with Crippen LogP contribution in [-0.4, -0.2) is 24.0 Å². The summed E-state index contributed by atoms with van der Waals surface area (Å²) >= 11 is 12.0. The first kappa shape index (κ1) is 26.6. The van der Waals surface area contributed by atoms with Gasteiger partial charge in [0.1, 0.15) is 5.75 Å². The number of amides is 2. The fourth-order valence-corrected chi connectivity index (χ4v) is 3.89. The highest BCUT2D eigenvalue weighted by molar-refractivity contribution is 6.36. The van der Waals surface area contributed by atoms with E-state index in [0.29, 0.717) is 21.8 Å². The van der Waals surface area contributed by atoms with Gasteiger partial charge in [-0.25, -0.2) is 10.2 Å². The predicted molar refractivity (Wildman–Crippen MR) is 148 cm³/mol. The minimum atomic E-state index is -0.660. The third-order valence-electron chi connectivity index (χ3n) is 5.28. The number of hydrogen-bond donors (Lipinski definition) is 2. The second kappa shape index (κ2) is 12.7. The lowest BCUT2D eigenvalue weighted by atomic mass is 10.1. The van der Waals surface area contributed by atoms with Gasteiger partial charge in [-0.3, -0.25) is 9.59 Å². The van der Waals surface area contributed by atoms with Crippen molar-refractivity contribution in [3.8, 4) is 5.75 Å². The minimum Gasteiger partial charge on any atom is -0.422 e. The summed E-state index contributed by atoms with van der Waals surface area (Å²) in [4.78, 5) is 37.3. The van der Waals surface area contributed by atoms with Crippen LogP contribution in [0.15, 0.2) is 102 Å². The Morgan fingerprint density at radius 3 is 2.29 bits per heavy atom. The maximum absolute atomic E-state index is 12.6. The molecule has 4 rings (SSSR count). The zero-order valence-corrected chi connectivity index (χ0v) is 21.4. The number of para-hydroxylation sites is 1. The van der Waals surface area contributed by atoms with E-state index in [9.17, 15) is 14.4 Å². The Kier molecular flexibility index (Phi) is 8.87. The predicted octanol–water partition coefficient (Wildman–Crippen LogP) is 6.16. The molecule has 4 aromatic carbocycles. The van der Waals surface area contributed by atoms with Crippen LogP contribution in [-0.2, 0) is 11.2 Å². The maximum Gasteiger partial charge on any atom is 0.345 e. The number of benzene rings is 4. The molecule has 190 valence electrons. The molecule has 0 unspecified atom stereocenters. The summed E-state index contributed by atoms with van der Waals surface area (Å²) in [5.74, 6) is -1.04. The van der Waals surface area contributed by atoms with Crippen LogP contribution in [0.25, 0.3) is 0 Å². The van der Waals surface area contributed by atoms with Gasteiger partial charge >= 0.3 is 5.97 Å². The average molecular weight is 546 g/mol. The molecule has 9 heteroatoms. The molecule has 0 bridgehead atoms. The number of nitrogens with zero attached hydrogens (tertiary/aromatic N) is 1. The van der Waals surface area contributed by atoms with E-state index in [1.165, 1.54) is 24.4 Å². The van der Waals surface area contributed by atoms with Gasteiger partial charge in [-0.2, -0.15) is 5.10 Å². The van der Waals surface area contributed by atoms with Gasteiger partial charge in [0.05, 0.1) is 23.2 Å². The fraction of sp³-hybridized carbons (Fsp3) is 0.0345. The van der Waals surface area contributed by atoms with Crippen molar-refractivity contribution in [2.75, 3.05) is 5.32 Å². The average Bonchev–Trinajstić information content (AvgIpc) is 2.90. The van der Waals surface area contributed by atoms with Crippen molar-refractivity contribution in [2.24, 2.45) is 5.10 Å². The molecular formula is C29H21Cl2N3O4. The van der Waals surface area contributed by atoms with Crippen LogP contribution in [0.4, 0.5) is 5.69 Å². The van der Waals surface area contributed by atoms with E-state index in [4.69, 9.17) is 27.9 Å². The first-order chi connectivity index (χ1) is 18.4. The molecule has 0 atom stereocenters. The third-order valence-corrected chi connectivity index (χ3v) is 5.83. The first-order valence-corrected chi connectivity index (χ1v) is 12.2. The molecule has 0 saturated carbocycles. The fourth-order valence-electron chi connectivity index (χ4n) is 3.41. The van der Waals surface area contributed by atoms with Crippen LogP contribution in [0, 0.1) is 0 Å². The van der Waals surface area contributed by atoms with E-state index in [1.807, 2.05) is 30.3 Å². The van der Waals surface area contributed by atoms with E-state index in [-0.39, 0.29) is 28.7 Å². The van der Waals surface area contributed by atoms with E-state index in [0.717, 1.165) is 5.56 Å². The lowest BCUT2D eigenvalue weighted by molar-refractivity contribution is -0.115. The number of carbonyl (C=O) groups is 3. The summed E-state index contributed by atoms with van der Waals surface area (Å²) in [5, 5.41) is 7.35. The van der Waals surface area contributed by atoms with Crippen molar-refractivity contribution < 1.29 is 19.1 Å². The van der Waals surface area contributed by atoms with Crippen molar-refractivity contribution in [1.29, 1.82) is 0 Å². The molecule has 0 aliphatic heterocycles. The highest BCUT2D eigenvalue weighted by Gasteiger charge is 2.15. The van der Waals surface area contributed by atoms with Gasteiger partial charge in [0.15, 0.2) is 0 Å². The van der Waals surface area contributed by atoms with Gasteiger partial charge in [-0.1, -0.05) is 65.7 Å². The molecule has 7 nitrogen and oxygen atoms in total. The van der Waals surface area contributed by atoms with Crippen molar-refractivity contribution in [3.05, 3.63) is 129 Å². The van der Waals surface area contributed by atoms with Crippen molar-refractivity contribution in [3.63, 3.8) is 0 Å². The van der Waals surface area contributed by atoms with Gasteiger partial charge in [0.25, 0.3) is 5.91 Å². The molecule has 0 aliphatic carbocycles. The topological polar surface area (TPSA) is 96.9 Å². The molecule has 0 saturated heterocycles. The van der Waals surface area contributed by atoms with Crippen molar-refractivity contribution in [2.45, 2.75) is 6.42 Å². The summed E-state index contributed by atoms with van der Waals surface area (Å²) in [6.45, 7) is 0. The summed E-state index contributed by atoms with van der Waals surface area (Å²) in [6.07, 6.45) is 1.61. The minimum absolute atomic E-state index is 0.157. The number of carbonyl (C=O) groups excluding carboxylic acids is 3. The number of halogens is 2. The second-order valence-corrected chi connectivity index (χ2v) is 8.88. The quantitative estimate of drug-likeness (QED) is 0.120. The van der Waals surface area contributed by atoms with Gasteiger partial charge in [0, 0.05) is 21.8 Å². The van der Waals surface area contributed by atoms with Gasteiger partial charge in [-0.15, -0.1) is 0 Å². The zero-order valence-electron chi connectivity index (χ0n) is 19.9. The van der Waals surface area contributed by atoms with Crippen molar-refractivity contribution in [1.82, 2.24) is 5.43 Å². The maximum atomic E-state index is 12.6. The highest BCUT2D eigenvalue weighted by Crippen LogP contribution is 2.24. The number of esters is 1. The normalized spacial score (nSPS) is 10.7. The molecule has 0 aromatic heterocycles. The molecule has 0 aliphatic rings. The second-order valence-electron chi connectivity index (χ2n) is 8.04. The summed E-state index contributed by atoms with van der Waals surface area (Å²) in [6, 6.07) is 27.0. The Morgan fingerprint density at radius 1 is 0.842 bits per heavy atom. The van der Waals surface area contributed by atoms with Crippen molar-refractivity contribution >= 4 is 52.9 Å². The van der Waals surface area contributed by atoms with E-state index < -0.39 is 11.9 Å². The summed E-state index contributed by atoms with van der Waals surface area (Å²) in [5.41, 5.74) is 4.88. The Hall–Kier alpha value is -4.46. The van der Waals surface area contributed by atoms with Crippen LogP contribution in [0.2, 0.25) is 10.0 Å². The molecule has 2 amide bonds. The largest absolute Gasteiger partial charge is 0.422 e. The highest BCUT2D eigenvalue weighted by atomic mass is 35.5. The lowest BCUT2D eigenvalue weighted by Gasteiger charge is -2.08.